The fraction of sp³-hybridized carbons (Fsp3) is 0.667. The minimum absolute atomic E-state index is 0.100. The average molecular weight is 565 g/mol. The molecule has 10 nitrogen and oxygen atoms in total. The van der Waals surface area contributed by atoms with Gasteiger partial charge in [0.1, 0.15) is 36.6 Å². The van der Waals surface area contributed by atoms with E-state index in [0.717, 1.165) is 19.3 Å². The van der Waals surface area contributed by atoms with Gasteiger partial charge in [0.05, 0.1) is 0 Å². The predicted octanol–water partition coefficient (Wildman–Crippen LogP) is 4.32. The fourth-order valence-electron chi connectivity index (χ4n) is 4.81. The molecule has 1 aliphatic heterocycles. The van der Waals surface area contributed by atoms with E-state index in [-0.39, 0.29) is 30.1 Å². The summed E-state index contributed by atoms with van der Waals surface area (Å²) in [6.45, 7) is 1.89. The Morgan fingerprint density at radius 2 is 1.48 bits per heavy atom. The zero-order valence-corrected chi connectivity index (χ0v) is 23.3. The Bertz CT molecular complexity index is 1100. The smallest absolute Gasteiger partial charge is 0.336 e. The lowest BCUT2D eigenvalue weighted by molar-refractivity contribution is -0.278. The van der Waals surface area contributed by atoms with Gasteiger partial charge in [-0.3, -0.25) is 4.79 Å². The molecular formula is C30H44O10. The van der Waals surface area contributed by atoms with Crippen molar-refractivity contribution in [3.05, 3.63) is 34.7 Å². The molecule has 2 heterocycles. The molecule has 1 saturated heterocycles. The standard InChI is InChI=1S/C30H44O10/c1-2-3-4-5-6-7-8-9-10-11-12-13-14-25(32)37-19-24-27(34)28(35)29(36)30(40-24)39-23-17-20-15-16-26(33)38-22(20)18-21(23)31/h15-18,24,27-31,34-36H,2-14,19H2,1H3/t24-,27-,28+,29-,30+/m1/s1. The van der Waals surface area contributed by atoms with Gasteiger partial charge in [-0.05, 0) is 18.6 Å². The highest BCUT2D eigenvalue weighted by Crippen LogP contribution is 2.34. The van der Waals surface area contributed by atoms with E-state index in [1.54, 1.807) is 0 Å². The van der Waals surface area contributed by atoms with Gasteiger partial charge in [-0.2, -0.15) is 0 Å². The number of benzene rings is 1. The second kappa shape index (κ2) is 16.6. The summed E-state index contributed by atoms with van der Waals surface area (Å²) in [5.41, 5.74) is -0.448. The summed E-state index contributed by atoms with van der Waals surface area (Å²) in [6.07, 6.45) is 7.07. The molecule has 4 N–H and O–H groups in total. The summed E-state index contributed by atoms with van der Waals surface area (Å²) in [4.78, 5) is 23.6. The van der Waals surface area contributed by atoms with Gasteiger partial charge >= 0.3 is 11.6 Å². The van der Waals surface area contributed by atoms with Crippen molar-refractivity contribution in [2.75, 3.05) is 6.61 Å². The maximum Gasteiger partial charge on any atom is 0.336 e. The average Bonchev–Trinajstić information content (AvgIpc) is 2.93. The first-order chi connectivity index (χ1) is 19.3. The number of ether oxygens (including phenoxy) is 3. The van der Waals surface area contributed by atoms with Gasteiger partial charge in [0, 0.05) is 23.9 Å². The van der Waals surface area contributed by atoms with Crippen molar-refractivity contribution in [1.82, 2.24) is 0 Å². The van der Waals surface area contributed by atoms with Crippen molar-refractivity contribution in [2.45, 2.75) is 121 Å². The van der Waals surface area contributed by atoms with Crippen molar-refractivity contribution < 1.29 is 43.8 Å². The number of carbonyl (C=O) groups is 1. The number of phenolic OH excluding ortho intramolecular Hbond substituents is 1. The topological polar surface area (TPSA) is 156 Å². The first-order valence-electron chi connectivity index (χ1n) is 14.6. The van der Waals surface area contributed by atoms with E-state index >= 15 is 0 Å². The third-order valence-electron chi connectivity index (χ3n) is 7.26. The highest BCUT2D eigenvalue weighted by atomic mass is 16.7. The van der Waals surface area contributed by atoms with E-state index in [1.807, 2.05) is 0 Å². The molecule has 0 aliphatic carbocycles. The number of aliphatic hydroxyl groups is 3. The van der Waals surface area contributed by atoms with Crippen molar-refractivity contribution in [3.63, 3.8) is 0 Å². The van der Waals surface area contributed by atoms with Crippen LogP contribution in [0.25, 0.3) is 11.0 Å². The van der Waals surface area contributed by atoms with Gasteiger partial charge in [0.15, 0.2) is 11.5 Å². The van der Waals surface area contributed by atoms with Crippen LogP contribution in [0.5, 0.6) is 11.5 Å². The Morgan fingerprint density at radius 1 is 0.850 bits per heavy atom. The summed E-state index contributed by atoms with van der Waals surface area (Å²) >= 11 is 0. The van der Waals surface area contributed by atoms with Crippen molar-refractivity contribution in [2.24, 2.45) is 0 Å². The number of carbonyl (C=O) groups excluding carboxylic acids is 1. The van der Waals surface area contributed by atoms with Crippen LogP contribution in [0.2, 0.25) is 0 Å². The van der Waals surface area contributed by atoms with Crippen molar-refractivity contribution in [1.29, 1.82) is 0 Å². The molecule has 5 atom stereocenters. The molecule has 10 heteroatoms. The van der Waals surface area contributed by atoms with Gasteiger partial charge < -0.3 is 39.1 Å². The number of unbranched alkanes of at least 4 members (excludes halogenated alkanes) is 11. The van der Waals surface area contributed by atoms with E-state index in [2.05, 4.69) is 6.92 Å². The van der Waals surface area contributed by atoms with E-state index < -0.39 is 42.3 Å². The molecule has 0 spiro atoms. The molecular weight excluding hydrogens is 520 g/mol. The largest absolute Gasteiger partial charge is 0.504 e. The van der Waals surface area contributed by atoms with E-state index in [9.17, 15) is 30.0 Å². The third-order valence-corrected chi connectivity index (χ3v) is 7.26. The van der Waals surface area contributed by atoms with Crippen LogP contribution in [0, 0.1) is 0 Å². The van der Waals surface area contributed by atoms with Crippen LogP contribution in [0.15, 0.2) is 33.5 Å². The minimum atomic E-state index is -1.65. The molecule has 1 fully saturated rings. The van der Waals surface area contributed by atoms with Crippen LogP contribution in [0.4, 0.5) is 0 Å². The Balaban J connectivity index is 1.37. The molecule has 0 bridgehead atoms. The highest BCUT2D eigenvalue weighted by Gasteiger charge is 2.45. The Hall–Kier alpha value is -2.66. The highest BCUT2D eigenvalue weighted by molar-refractivity contribution is 5.80. The lowest BCUT2D eigenvalue weighted by Crippen LogP contribution is -2.60. The molecule has 1 aliphatic rings. The number of rotatable bonds is 17. The number of fused-ring (bicyclic) bond motifs is 1. The van der Waals surface area contributed by atoms with Crippen molar-refractivity contribution in [3.8, 4) is 11.5 Å². The van der Waals surface area contributed by atoms with Crippen LogP contribution in [0.3, 0.4) is 0 Å². The molecule has 3 rings (SSSR count). The zero-order valence-electron chi connectivity index (χ0n) is 23.3. The van der Waals surface area contributed by atoms with Crippen LogP contribution >= 0.6 is 0 Å². The molecule has 0 amide bonds. The lowest BCUT2D eigenvalue weighted by atomic mass is 9.99. The molecule has 40 heavy (non-hydrogen) atoms. The number of hydrogen-bond acceptors (Lipinski definition) is 10. The minimum Gasteiger partial charge on any atom is -0.504 e. The predicted molar refractivity (Wildman–Crippen MR) is 148 cm³/mol. The molecule has 1 aromatic heterocycles. The molecule has 0 saturated carbocycles. The van der Waals surface area contributed by atoms with Crippen LogP contribution in [0.1, 0.15) is 90.4 Å². The maximum atomic E-state index is 12.2. The van der Waals surface area contributed by atoms with Gasteiger partial charge in [0.25, 0.3) is 0 Å². The second-order valence-corrected chi connectivity index (χ2v) is 10.6. The summed E-state index contributed by atoms with van der Waals surface area (Å²) in [6, 6.07) is 5.24. The summed E-state index contributed by atoms with van der Waals surface area (Å²) in [5.74, 6) is -0.921. The molecule has 2 aromatic rings. The number of esters is 1. The molecule has 1 aromatic carbocycles. The Morgan fingerprint density at radius 3 is 2.12 bits per heavy atom. The zero-order chi connectivity index (χ0) is 28.9. The van der Waals surface area contributed by atoms with E-state index in [0.29, 0.717) is 11.8 Å². The number of aromatic hydroxyl groups is 1. The van der Waals surface area contributed by atoms with E-state index in [1.165, 1.54) is 75.6 Å². The monoisotopic (exact) mass is 564 g/mol. The third kappa shape index (κ3) is 9.76. The van der Waals surface area contributed by atoms with Gasteiger partial charge in [-0.25, -0.2) is 4.79 Å². The van der Waals surface area contributed by atoms with Gasteiger partial charge in [-0.1, -0.05) is 77.6 Å². The Labute approximate surface area is 234 Å². The maximum absolute atomic E-state index is 12.2. The van der Waals surface area contributed by atoms with Crippen LogP contribution in [-0.4, -0.2) is 63.7 Å². The number of hydrogen-bond donors (Lipinski definition) is 4. The number of phenols is 1. The van der Waals surface area contributed by atoms with Gasteiger partial charge in [-0.15, -0.1) is 0 Å². The Kier molecular flexibility index (Phi) is 13.2. The summed E-state index contributed by atoms with van der Waals surface area (Å²) in [5, 5.41) is 41.8. The normalized spacial score (nSPS) is 22.9. The summed E-state index contributed by atoms with van der Waals surface area (Å²) in [7, 11) is 0. The van der Waals surface area contributed by atoms with Crippen LogP contribution in [-0.2, 0) is 14.3 Å². The summed E-state index contributed by atoms with van der Waals surface area (Å²) < 4.78 is 21.5. The second-order valence-electron chi connectivity index (χ2n) is 10.6. The van der Waals surface area contributed by atoms with Gasteiger partial charge in [0.2, 0.25) is 6.29 Å². The van der Waals surface area contributed by atoms with Crippen molar-refractivity contribution >= 4 is 16.9 Å². The number of aliphatic hydroxyl groups excluding tert-OH is 3. The molecule has 0 unspecified atom stereocenters. The molecule has 224 valence electrons. The lowest BCUT2D eigenvalue weighted by Gasteiger charge is -2.39. The fourth-order valence-corrected chi connectivity index (χ4v) is 4.81. The van der Waals surface area contributed by atoms with E-state index in [4.69, 9.17) is 18.6 Å². The first-order valence-corrected chi connectivity index (χ1v) is 14.6. The SMILES string of the molecule is CCCCCCCCCCCCCCC(=O)OC[C@H]1O[C@H](Oc2cc3ccc(=O)oc3cc2O)[C@H](O)[C@@H](O)[C@@H]1O. The quantitative estimate of drug-likeness (QED) is 0.124. The first kappa shape index (κ1) is 31.9. The van der Waals surface area contributed by atoms with Crippen LogP contribution < -0.4 is 10.4 Å². The molecule has 0 radical (unpaired) electrons.